The number of sulfonamides is 1. The van der Waals surface area contributed by atoms with Crippen molar-refractivity contribution in [3.8, 4) is 0 Å². The van der Waals surface area contributed by atoms with Crippen molar-refractivity contribution >= 4 is 21.6 Å². The largest absolute Gasteiger partial charge is 0.326 e. The number of nitrogens with one attached hydrogen (secondary N) is 1. The Balaban J connectivity index is 2.35. The lowest BCUT2D eigenvalue weighted by Gasteiger charge is -2.29. The van der Waals surface area contributed by atoms with Crippen LogP contribution >= 0.6 is 11.6 Å². The molecule has 0 amide bonds. The number of hydrogen-bond acceptors (Lipinski definition) is 3. The van der Waals surface area contributed by atoms with E-state index < -0.39 is 15.6 Å². The number of pyridine rings is 1. The molecule has 18 heavy (non-hydrogen) atoms. The van der Waals surface area contributed by atoms with Crippen LogP contribution in [-0.4, -0.2) is 30.8 Å². The third-order valence-corrected chi connectivity index (χ3v) is 5.21. The Labute approximate surface area is 111 Å². The summed E-state index contributed by atoms with van der Waals surface area (Å²) in [7, 11) is -3.56. The lowest BCUT2D eigenvalue weighted by atomic mass is 10.0. The smallest absolute Gasteiger partial charge is 0.266 e. The van der Waals surface area contributed by atoms with Crippen LogP contribution in [-0.2, 0) is 10.0 Å². The molecule has 0 bridgehead atoms. The highest BCUT2D eigenvalue weighted by atomic mass is 35.5. The van der Waals surface area contributed by atoms with Gasteiger partial charge in [0, 0.05) is 19.3 Å². The molecule has 1 atom stereocenters. The fourth-order valence-corrected chi connectivity index (χ4v) is 3.93. The number of piperidine rings is 1. The van der Waals surface area contributed by atoms with Gasteiger partial charge in [0.2, 0.25) is 10.0 Å². The molecule has 2 rings (SSSR count). The molecule has 1 aliphatic heterocycles. The molecule has 2 heterocycles. The summed E-state index contributed by atoms with van der Waals surface area (Å²) in [6.45, 7) is 3.06. The van der Waals surface area contributed by atoms with Crippen LogP contribution in [0.3, 0.4) is 0 Å². The molecular weight excluding hydrogens is 276 g/mol. The van der Waals surface area contributed by atoms with Crippen LogP contribution in [0, 0.1) is 5.92 Å². The number of rotatable bonds is 2. The zero-order valence-corrected chi connectivity index (χ0v) is 11.6. The maximum absolute atomic E-state index is 12.3. The molecule has 1 aliphatic rings. The summed E-state index contributed by atoms with van der Waals surface area (Å²) in [4.78, 5) is 13.5. The van der Waals surface area contributed by atoms with E-state index in [9.17, 15) is 13.2 Å². The summed E-state index contributed by atoms with van der Waals surface area (Å²) in [5, 5.41) is -0.110. The van der Waals surface area contributed by atoms with Gasteiger partial charge in [0.15, 0.2) is 0 Å². The average molecular weight is 291 g/mol. The SMILES string of the molecule is CC1CCCN(S(=O)(=O)c2c[nH]c(=O)c(Cl)c2)C1. The first-order chi connectivity index (χ1) is 8.41. The first-order valence-electron chi connectivity index (χ1n) is 5.79. The van der Waals surface area contributed by atoms with Crippen LogP contribution in [0.1, 0.15) is 19.8 Å². The molecule has 1 fully saturated rings. The van der Waals surface area contributed by atoms with E-state index in [1.807, 2.05) is 6.92 Å². The molecule has 0 spiro atoms. The van der Waals surface area contributed by atoms with Crippen molar-refractivity contribution in [2.45, 2.75) is 24.7 Å². The van der Waals surface area contributed by atoms with Gasteiger partial charge in [0.1, 0.15) is 5.02 Å². The number of aromatic amines is 1. The van der Waals surface area contributed by atoms with Gasteiger partial charge in [-0.05, 0) is 24.8 Å². The van der Waals surface area contributed by atoms with Gasteiger partial charge in [0.05, 0.1) is 4.90 Å². The highest BCUT2D eigenvalue weighted by Gasteiger charge is 2.29. The summed E-state index contributed by atoms with van der Waals surface area (Å²) in [5.74, 6) is 0.353. The summed E-state index contributed by atoms with van der Waals surface area (Å²) < 4.78 is 26.1. The highest BCUT2D eigenvalue weighted by molar-refractivity contribution is 7.89. The van der Waals surface area contributed by atoms with Gasteiger partial charge in [-0.25, -0.2) is 8.42 Å². The first-order valence-corrected chi connectivity index (χ1v) is 7.61. The van der Waals surface area contributed by atoms with Crippen LogP contribution in [0.2, 0.25) is 5.02 Å². The molecule has 5 nitrogen and oxygen atoms in total. The van der Waals surface area contributed by atoms with Crippen molar-refractivity contribution in [2.24, 2.45) is 5.92 Å². The van der Waals surface area contributed by atoms with Crippen LogP contribution in [0.15, 0.2) is 22.0 Å². The zero-order chi connectivity index (χ0) is 13.3. The maximum Gasteiger partial charge on any atom is 0.266 e. The quantitative estimate of drug-likeness (QED) is 0.896. The van der Waals surface area contributed by atoms with Gasteiger partial charge >= 0.3 is 0 Å². The normalized spacial score (nSPS) is 22.0. The van der Waals surface area contributed by atoms with E-state index in [0.717, 1.165) is 12.8 Å². The van der Waals surface area contributed by atoms with Gasteiger partial charge in [-0.15, -0.1) is 0 Å². The molecule has 1 aromatic heterocycles. The lowest BCUT2D eigenvalue weighted by Crippen LogP contribution is -2.39. The molecular formula is C11H15ClN2O3S. The number of aromatic nitrogens is 1. The van der Waals surface area contributed by atoms with Gasteiger partial charge in [0.25, 0.3) is 5.56 Å². The molecule has 100 valence electrons. The van der Waals surface area contributed by atoms with Gasteiger partial charge in [-0.3, -0.25) is 4.79 Å². The summed E-state index contributed by atoms with van der Waals surface area (Å²) in [5.41, 5.74) is -0.484. The number of halogens is 1. The second kappa shape index (κ2) is 5.03. The van der Waals surface area contributed by atoms with Gasteiger partial charge < -0.3 is 4.98 Å². The van der Waals surface area contributed by atoms with Crippen LogP contribution in [0.25, 0.3) is 0 Å². The topological polar surface area (TPSA) is 70.2 Å². The Morgan fingerprint density at radius 1 is 1.50 bits per heavy atom. The summed E-state index contributed by atoms with van der Waals surface area (Å²) in [6.07, 6.45) is 3.10. The van der Waals surface area contributed by atoms with E-state index in [2.05, 4.69) is 4.98 Å². The summed E-state index contributed by atoms with van der Waals surface area (Å²) >= 11 is 5.66. The predicted octanol–water partition coefficient (Wildman–Crippen LogP) is 1.45. The average Bonchev–Trinajstić information content (AvgIpc) is 2.32. The van der Waals surface area contributed by atoms with Crippen LogP contribution < -0.4 is 5.56 Å². The molecule has 0 saturated carbocycles. The first kappa shape index (κ1) is 13.6. The van der Waals surface area contributed by atoms with Crippen molar-refractivity contribution in [1.82, 2.24) is 9.29 Å². The van der Waals surface area contributed by atoms with Gasteiger partial charge in [-0.1, -0.05) is 18.5 Å². The Bertz CT molecular complexity index is 597. The van der Waals surface area contributed by atoms with Crippen molar-refractivity contribution in [1.29, 1.82) is 0 Å². The van der Waals surface area contributed by atoms with Crippen molar-refractivity contribution in [3.63, 3.8) is 0 Å². The molecule has 1 N–H and O–H groups in total. The second-order valence-electron chi connectivity index (χ2n) is 4.62. The Morgan fingerprint density at radius 3 is 2.83 bits per heavy atom. The Kier molecular flexibility index (Phi) is 3.79. The van der Waals surface area contributed by atoms with E-state index in [1.165, 1.54) is 16.6 Å². The fourth-order valence-electron chi connectivity index (χ4n) is 2.10. The summed E-state index contributed by atoms with van der Waals surface area (Å²) in [6, 6.07) is 1.20. The van der Waals surface area contributed by atoms with E-state index in [1.54, 1.807) is 0 Å². The maximum atomic E-state index is 12.3. The minimum atomic E-state index is -3.56. The molecule has 1 saturated heterocycles. The van der Waals surface area contributed by atoms with E-state index >= 15 is 0 Å². The third-order valence-electron chi connectivity index (χ3n) is 3.09. The van der Waals surface area contributed by atoms with Crippen molar-refractivity contribution in [2.75, 3.05) is 13.1 Å². The number of nitrogens with zero attached hydrogens (tertiary/aromatic N) is 1. The molecule has 1 unspecified atom stereocenters. The van der Waals surface area contributed by atoms with E-state index in [0.29, 0.717) is 19.0 Å². The van der Waals surface area contributed by atoms with E-state index in [-0.39, 0.29) is 9.92 Å². The Morgan fingerprint density at radius 2 is 2.22 bits per heavy atom. The third kappa shape index (κ3) is 2.60. The predicted molar refractivity (Wildman–Crippen MR) is 69.2 cm³/mol. The standard InChI is InChI=1S/C11H15ClN2O3S/c1-8-3-2-4-14(7-8)18(16,17)9-5-10(12)11(15)13-6-9/h5-6,8H,2-4,7H2,1H3,(H,13,15). The Hall–Kier alpha value is -0.850. The molecule has 0 aromatic carbocycles. The lowest BCUT2D eigenvalue weighted by molar-refractivity contribution is 0.281. The monoisotopic (exact) mass is 290 g/mol. The second-order valence-corrected chi connectivity index (χ2v) is 6.97. The number of hydrogen-bond donors (Lipinski definition) is 1. The van der Waals surface area contributed by atoms with Crippen LogP contribution in [0.5, 0.6) is 0 Å². The molecule has 1 aromatic rings. The zero-order valence-electron chi connectivity index (χ0n) is 10.0. The van der Waals surface area contributed by atoms with Crippen molar-refractivity contribution < 1.29 is 8.42 Å². The molecule has 0 aliphatic carbocycles. The minimum Gasteiger partial charge on any atom is -0.326 e. The molecule has 0 radical (unpaired) electrons. The fraction of sp³-hybridized carbons (Fsp3) is 0.545. The molecule has 7 heteroatoms. The number of H-pyrrole nitrogens is 1. The highest BCUT2D eigenvalue weighted by Crippen LogP contribution is 2.23. The van der Waals surface area contributed by atoms with E-state index in [4.69, 9.17) is 11.6 Å². The van der Waals surface area contributed by atoms with Gasteiger partial charge in [-0.2, -0.15) is 4.31 Å². The van der Waals surface area contributed by atoms with Crippen LogP contribution in [0.4, 0.5) is 0 Å². The van der Waals surface area contributed by atoms with Crippen molar-refractivity contribution in [3.05, 3.63) is 27.6 Å². The minimum absolute atomic E-state index is 0.0428.